The lowest BCUT2D eigenvalue weighted by Crippen LogP contribution is -2.25. The Morgan fingerprint density at radius 2 is 2.00 bits per heavy atom. The fourth-order valence-electron chi connectivity index (χ4n) is 2.46. The van der Waals surface area contributed by atoms with Crippen molar-refractivity contribution in [2.24, 2.45) is 0 Å². The van der Waals surface area contributed by atoms with Gasteiger partial charge in [0.15, 0.2) is 0 Å². The number of halogens is 1. The standard InChI is InChI=1S/C15H15ClN2/c16-11-13-7-3-9-15(17-13)18-10-4-6-12-5-1-2-8-14(12)18/h1-3,5,7-9H,4,6,10-11H2. The van der Waals surface area contributed by atoms with Crippen LogP contribution in [0.1, 0.15) is 17.7 Å². The normalized spacial score (nSPS) is 14.4. The zero-order chi connectivity index (χ0) is 12.4. The molecule has 1 aromatic carbocycles. The van der Waals surface area contributed by atoms with Gasteiger partial charge in [0.05, 0.1) is 11.6 Å². The van der Waals surface area contributed by atoms with E-state index in [0.717, 1.165) is 24.5 Å². The van der Waals surface area contributed by atoms with Crippen LogP contribution < -0.4 is 4.90 Å². The van der Waals surface area contributed by atoms with E-state index >= 15 is 0 Å². The van der Waals surface area contributed by atoms with Crippen molar-refractivity contribution in [1.82, 2.24) is 4.98 Å². The third-order valence-electron chi connectivity index (χ3n) is 3.32. The molecule has 0 saturated carbocycles. The van der Waals surface area contributed by atoms with E-state index in [1.165, 1.54) is 17.7 Å². The molecule has 3 heteroatoms. The highest BCUT2D eigenvalue weighted by Crippen LogP contribution is 2.32. The van der Waals surface area contributed by atoms with E-state index in [0.29, 0.717) is 5.88 Å². The summed E-state index contributed by atoms with van der Waals surface area (Å²) in [5.74, 6) is 1.46. The van der Waals surface area contributed by atoms with Gasteiger partial charge >= 0.3 is 0 Å². The first kappa shape index (κ1) is 11.5. The number of hydrogen-bond acceptors (Lipinski definition) is 2. The van der Waals surface area contributed by atoms with Crippen molar-refractivity contribution < 1.29 is 0 Å². The van der Waals surface area contributed by atoms with Crippen molar-refractivity contribution in [1.29, 1.82) is 0 Å². The molecule has 0 N–H and O–H groups in total. The van der Waals surface area contributed by atoms with Crippen LogP contribution in [0.4, 0.5) is 11.5 Å². The lowest BCUT2D eigenvalue weighted by molar-refractivity contribution is 0.758. The molecule has 2 nitrogen and oxygen atoms in total. The molecule has 92 valence electrons. The average Bonchev–Trinajstić information content (AvgIpc) is 2.47. The Bertz CT molecular complexity index is 554. The highest BCUT2D eigenvalue weighted by atomic mass is 35.5. The Labute approximate surface area is 112 Å². The number of aromatic nitrogens is 1. The fourth-order valence-corrected chi connectivity index (χ4v) is 2.61. The van der Waals surface area contributed by atoms with Gasteiger partial charge in [-0.1, -0.05) is 24.3 Å². The predicted octanol–water partition coefficient (Wildman–Crippen LogP) is 3.90. The number of aryl methyl sites for hydroxylation is 1. The van der Waals surface area contributed by atoms with Crippen molar-refractivity contribution >= 4 is 23.1 Å². The van der Waals surface area contributed by atoms with Crippen LogP contribution in [-0.2, 0) is 12.3 Å². The molecular formula is C15H15ClN2. The molecule has 1 aromatic heterocycles. The molecule has 1 aliphatic rings. The molecule has 2 heterocycles. The molecule has 0 fully saturated rings. The quantitative estimate of drug-likeness (QED) is 0.760. The van der Waals surface area contributed by atoms with Gasteiger partial charge in [0.2, 0.25) is 0 Å². The summed E-state index contributed by atoms with van der Waals surface area (Å²) in [6, 6.07) is 14.6. The van der Waals surface area contributed by atoms with Crippen LogP contribution >= 0.6 is 11.6 Å². The summed E-state index contributed by atoms with van der Waals surface area (Å²) >= 11 is 5.86. The smallest absolute Gasteiger partial charge is 0.133 e. The van der Waals surface area contributed by atoms with Gasteiger partial charge in [0, 0.05) is 12.2 Å². The topological polar surface area (TPSA) is 16.1 Å². The minimum Gasteiger partial charge on any atom is -0.326 e. The number of nitrogens with zero attached hydrogens (tertiary/aromatic N) is 2. The number of para-hydroxylation sites is 1. The van der Waals surface area contributed by atoms with Gasteiger partial charge in [-0.15, -0.1) is 11.6 Å². The molecule has 18 heavy (non-hydrogen) atoms. The van der Waals surface area contributed by atoms with E-state index in [1.807, 2.05) is 12.1 Å². The summed E-state index contributed by atoms with van der Waals surface area (Å²) in [7, 11) is 0. The van der Waals surface area contributed by atoms with Crippen LogP contribution in [0, 0.1) is 0 Å². The van der Waals surface area contributed by atoms with Crippen LogP contribution in [0.15, 0.2) is 42.5 Å². The maximum atomic E-state index is 5.86. The summed E-state index contributed by atoms with van der Waals surface area (Å²) in [5, 5.41) is 0. The summed E-state index contributed by atoms with van der Waals surface area (Å²) < 4.78 is 0. The highest BCUT2D eigenvalue weighted by Gasteiger charge is 2.18. The number of hydrogen-bond donors (Lipinski definition) is 0. The van der Waals surface area contributed by atoms with E-state index in [9.17, 15) is 0 Å². The Kier molecular flexibility index (Phi) is 3.20. The summed E-state index contributed by atoms with van der Waals surface area (Å²) in [4.78, 5) is 6.89. The molecule has 0 bridgehead atoms. The SMILES string of the molecule is ClCc1cccc(N2CCCc3ccccc32)n1. The molecule has 0 amide bonds. The second kappa shape index (κ2) is 4.99. The lowest BCUT2D eigenvalue weighted by atomic mass is 10.0. The maximum absolute atomic E-state index is 5.86. The predicted molar refractivity (Wildman–Crippen MR) is 75.6 cm³/mol. The van der Waals surface area contributed by atoms with E-state index in [1.54, 1.807) is 0 Å². The first-order valence-electron chi connectivity index (χ1n) is 6.26. The zero-order valence-corrected chi connectivity index (χ0v) is 10.9. The van der Waals surface area contributed by atoms with Gasteiger partial charge in [-0.05, 0) is 36.6 Å². The first-order valence-corrected chi connectivity index (χ1v) is 6.79. The van der Waals surface area contributed by atoms with Crippen LogP contribution in [0.3, 0.4) is 0 Å². The molecule has 0 atom stereocenters. The third-order valence-corrected chi connectivity index (χ3v) is 3.59. The Hall–Kier alpha value is -1.54. The zero-order valence-electron chi connectivity index (χ0n) is 10.1. The summed E-state index contributed by atoms with van der Waals surface area (Å²) in [6.45, 7) is 1.02. The van der Waals surface area contributed by atoms with E-state index < -0.39 is 0 Å². The monoisotopic (exact) mass is 258 g/mol. The molecule has 2 aromatic rings. The van der Waals surface area contributed by atoms with E-state index in [-0.39, 0.29) is 0 Å². The van der Waals surface area contributed by atoms with Crippen molar-refractivity contribution in [2.45, 2.75) is 18.7 Å². The number of fused-ring (bicyclic) bond motifs is 1. The molecule has 0 radical (unpaired) electrons. The summed E-state index contributed by atoms with van der Waals surface area (Å²) in [5.41, 5.74) is 3.61. The van der Waals surface area contributed by atoms with Crippen LogP contribution in [0.2, 0.25) is 0 Å². The van der Waals surface area contributed by atoms with Gasteiger partial charge < -0.3 is 4.90 Å². The number of rotatable bonds is 2. The Morgan fingerprint density at radius 3 is 2.89 bits per heavy atom. The molecule has 0 spiro atoms. The molecule has 0 unspecified atom stereocenters. The van der Waals surface area contributed by atoms with Gasteiger partial charge in [0.1, 0.15) is 5.82 Å². The van der Waals surface area contributed by atoms with Gasteiger partial charge in [-0.2, -0.15) is 0 Å². The van der Waals surface area contributed by atoms with Crippen molar-refractivity contribution in [3.05, 3.63) is 53.7 Å². The second-order valence-corrected chi connectivity index (χ2v) is 4.77. The third kappa shape index (κ3) is 2.08. The van der Waals surface area contributed by atoms with E-state index in [4.69, 9.17) is 11.6 Å². The molecule has 1 aliphatic heterocycles. The fraction of sp³-hybridized carbons (Fsp3) is 0.267. The number of alkyl halides is 1. The summed E-state index contributed by atoms with van der Waals surface area (Å²) in [6.07, 6.45) is 2.33. The van der Waals surface area contributed by atoms with Gasteiger partial charge in [0.25, 0.3) is 0 Å². The first-order chi connectivity index (χ1) is 8.88. The largest absolute Gasteiger partial charge is 0.326 e. The molecule has 0 saturated heterocycles. The number of benzene rings is 1. The number of pyridine rings is 1. The minimum atomic E-state index is 0.462. The second-order valence-electron chi connectivity index (χ2n) is 4.50. The van der Waals surface area contributed by atoms with Crippen molar-refractivity contribution in [2.75, 3.05) is 11.4 Å². The molecule has 3 rings (SSSR count). The Morgan fingerprint density at radius 1 is 1.11 bits per heavy atom. The number of anilines is 2. The van der Waals surface area contributed by atoms with Crippen molar-refractivity contribution in [3.63, 3.8) is 0 Å². The van der Waals surface area contributed by atoms with Gasteiger partial charge in [-0.3, -0.25) is 0 Å². The van der Waals surface area contributed by atoms with Crippen LogP contribution in [0.5, 0.6) is 0 Å². The maximum Gasteiger partial charge on any atom is 0.133 e. The van der Waals surface area contributed by atoms with Crippen molar-refractivity contribution in [3.8, 4) is 0 Å². The minimum absolute atomic E-state index is 0.462. The Balaban J connectivity index is 2.02. The van der Waals surface area contributed by atoms with Crippen LogP contribution in [0.25, 0.3) is 0 Å². The molecular weight excluding hydrogens is 244 g/mol. The lowest BCUT2D eigenvalue weighted by Gasteiger charge is -2.30. The average molecular weight is 259 g/mol. The molecule has 0 aliphatic carbocycles. The highest BCUT2D eigenvalue weighted by molar-refractivity contribution is 6.16. The van der Waals surface area contributed by atoms with Crippen LogP contribution in [-0.4, -0.2) is 11.5 Å². The van der Waals surface area contributed by atoms with E-state index in [2.05, 4.69) is 40.2 Å². The van der Waals surface area contributed by atoms with Gasteiger partial charge in [-0.25, -0.2) is 4.98 Å².